The standard InChI is InChI=1S/C17H23N3O4/c1-3-18-14(21)19-11-9-17(10-12-19)16(2,23)20(15(22)24-17)13-7-5-4-6-8-13/h4-8,23H,3,9-12H2,1-2H3,(H,18,21). The molecule has 130 valence electrons. The number of hydrogen-bond donors (Lipinski definition) is 2. The molecular weight excluding hydrogens is 310 g/mol. The first-order valence-electron chi connectivity index (χ1n) is 8.25. The summed E-state index contributed by atoms with van der Waals surface area (Å²) in [5.74, 6) is 0. The lowest BCUT2D eigenvalue weighted by molar-refractivity contribution is -0.121. The molecular formula is C17H23N3O4. The third-order valence-corrected chi connectivity index (χ3v) is 4.96. The lowest BCUT2D eigenvalue weighted by atomic mass is 9.82. The van der Waals surface area contributed by atoms with Gasteiger partial charge in [-0.1, -0.05) is 18.2 Å². The molecule has 2 saturated heterocycles. The molecule has 1 spiro atoms. The van der Waals surface area contributed by atoms with Crippen LogP contribution in [0.2, 0.25) is 0 Å². The fourth-order valence-corrected chi connectivity index (χ4v) is 3.53. The first-order chi connectivity index (χ1) is 11.4. The van der Waals surface area contributed by atoms with Gasteiger partial charge in [0.1, 0.15) is 0 Å². The van der Waals surface area contributed by atoms with Gasteiger partial charge in [0.15, 0.2) is 11.3 Å². The SMILES string of the molecule is CCNC(=O)N1CCC2(CC1)OC(=O)N(c1ccccc1)C2(C)O. The monoisotopic (exact) mass is 333 g/mol. The molecule has 3 rings (SSSR count). The largest absolute Gasteiger partial charge is 0.437 e. The number of piperidine rings is 1. The van der Waals surface area contributed by atoms with Crippen molar-refractivity contribution in [2.75, 3.05) is 24.5 Å². The summed E-state index contributed by atoms with van der Waals surface area (Å²) in [6.45, 7) is 4.89. The number of carbonyl (C=O) groups is 2. The number of nitrogens with zero attached hydrogens (tertiary/aromatic N) is 2. The van der Waals surface area contributed by atoms with Crippen LogP contribution >= 0.6 is 0 Å². The number of rotatable bonds is 2. The van der Waals surface area contributed by atoms with E-state index in [4.69, 9.17) is 4.74 Å². The highest BCUT2D eigenvalue weighted by Crippen LogP contribution is 2.46. The Kier molecular flexibility index (Phi) is 4.13. The fraction of sp³-hybridized carbons (Fsp3) is 0.529. The van der Waals surface area contributed by atoms with Crippen molar-refractivity contribution in [3.8, 4) is 0 Å². The number of aliphatic hydroxyl groups is 1. The summed E-state index contributed by atoms with van der Waals surface area (Å²) in [5.41, 5.74) is -1.89. The van der Waals surface area contributed by atoms with Crippen LogP contribution in [0.4, 0.5) is 15.3 Å². The minimum atomic E-state index is -1.47. The van der Waals surface area contributed by atoms with Gasteiger partial charge in [0.2, 0.25) is 0 Å². The van der Waals surface area contributed by atoms with Crippen LogP contribution in [0, 0.1) is 0 Å². The number of para-hydroxylation sites is 1. The molecule has 1 aromatic carbocycles. The number of amides is 3. The maximum atomic E-state index is 12.4. The maximum absolute atomic E-state index is 12.4. The number of anilines is 1. The molecule has 24 heavy (non-hydrogen) atoms. The Hall–Kier alpha value is -2.28. The second kappa shape index (κ2) is 5.98. The number of likely N-dealkylation sites (tertiary alicyclic amines) is 1. The van der Waals surface area contributed by atoms with E-state index in [9.17, 15) is 14.7 Å². The number of nitrogens with one attached hydrogen (secondary N) is 1. The van der Waals surface area contributed by atoms with Crippen molar-refractivity contribution in [1.82, 2.24) is 10.2 Å². The average Bonchev–Trinajstić information content (AvgIpc) is 2.74. The highest BCUT2D eigenvalue weighted by Gasteiger charge is 2.63. The number of carbonyl (C=O) groups excluding carboxylic acids is 2. The van der Waals surface area contributed by atoms with Gasteiger partial charge in [-0.2, -0.15) is 0 Å². The van der Waals surface area contributed by atoms with Crippen LogP contribution in [0.3, 0.4) is 0 Å². The van der Waals surface area contributed by atoms with Gasteiger partial charge >= 0.3 is 12.1 Å². The van der Waals surface area contributed by atoms with Crippen molar-refractivity contribution < 1.29 is 19.4 Å². The van der Waals surface area contributed by atoms with Gasteiger partial charge < -0.3 is 20.1 Å². The van der Waals surface area contributed by atoms with Crippen LogP contribution in [-0.4, -0.2) is 53.1 Å². The summed E-state index contributed by atoms with van der Waals surface area (Å²) in [6.07, 6.45) is 0.232. The average molecular weight is 333 g/mol. The van der Waals surface area contributed by atoms with Crippen LogP contribution < -0.4 is 10.2 Å². The summed E-state index contributed by atoms with van der Waals surface area (Å²) in [4.78, 5) is 27.4. The molecule has 0 radical (unpaired) electrons. The molecule has 2 fully saturated rings. The summed E-state index contributed by atoms with van der Waals surface area (Å²) >= 11 is 0. The van der Waals surface area contributed by atoms with Crippen LogP contribution in [0.25, 0.3) is 0 Å². The zero-order chi connectivity index (χ0) is 17.4. The zero-order valence-corrected chi connectivity index (χ0v) is 14.0. The van der Waals surface area contributed by atoms with Gasteiger partial charge in [0, 0.05) is 32.5 Å². The van der Waals surface area contributed by atoms with Crippen molar-refractivity contribution in [1.29, 1.82) is 0 Å². The molecule has 1 atom stereocenters. The molecule has 2 N–H and O–H groups in total. The first kappa shape index (κ1) is 16.6. The number of benzene rings is 1. The second-order valence-corrected chi connectivity index (χ2v) is 6.38. The maximum Gasteiger partial charge on any atom is 0.417 e. The first-order valence-corrected chi connectivity index (χ1v) is 8.25. The van der Waals surface area contributed by atoms with Gasteiger partial charge in [-0.15, -0.1) is 0 Å². The van der Waals surface area contributed by atoms with E-state index < -0.39 is 17.4 Å². The van der Waals surface area contributed by atoms with E-state index in [0.29, 0.717) is 38.2 Å². The van der Waals surface area contributed by atoms with Gasteiger partial charge in [0.05, 0.1) is 5.69 Å². The number of hydrogen-bond acceptors (Lipinski definition) is 4. The second-order valence-electron chi connectivity index (χ2n) is 6.38. The van der Waals surface area contributed by atoms with E-state index in [1.807, 2.05) is 13.0 Å². The van der Waals surface area contributed by atoms with Gasteiger partial charge in [0.25, 0.3) is 0 Å². The third kappa shape index (κ3) is 2.49. The van der Waals surface area contributed by atoms with Crippen LogP contribution in [0.5, 0.6) is 0 Å². The molecule has 2 aliphatic rings. The Morgan fingerprint density at radius 1 is 1.29 bits per heavy atom. The van der Waals surface area contributed by atoms with Crippen LogP contribution in [-0.2, 0) is 4.74 Å². The lowest BCUT2D eigenvalue weighted by Gasteiger charge is -2.44. The summed E-state index contributed by atoms with van der Waals surface area (Å²) in [6, 6.07) is 8.86. The number of urea groups is 1. The van der Waals surface area contributed by atoms with E-state index in [1.54, 1.807) is 36.1 Å². The normalized spacial score (nSPS) is 25.7. The van der Waals surface area contributed by atoms with Crippen molar-refractivity contribution in [3.05, 3.63) is 30.3 Å². The molecule has 0 saturated carbocycles. The molecule has 2 aliphatic heterocycles. The van der Waals surface area contributed by atoms with Crippen molar-refractivity contribution >= 4 is 17.8 Å². The van der Waals surface area contributed by atoms with Crippen molar-refractivity contribution in [2.45, 2.75) is 38.0 Å². The van der Waals surface area contributed by atoms with Crippen LogP contribution in [0.1, 0.15) is 26.7 Å². The Bertz CT molecular complexity index is 624. The summed E-state index contributed by atoms with van der Waals surface area (Å²) < 4.78 is 5.64. The predicted octanol–water partition coefficient (Wildman–Crippen LogP) is 1.92. The Morgan fingerprint density at radius 3 is 2.50 bits per heavy atom. The summed E-state index contributed by atoms with van der Waals surface area (Å²) in [5, 5.41) is 13.9. The van der Waals surface area contributed by atoms with E-state index in [2.05, 4.69) is 5.32 Å². The number of ether oxygens (including phenoxy) is 1. The predicted molar refractivity (Wildman–Crippen MR) is 88.6 cm³/mol. The third-order valence-electron chi connectivity index (χ3n) is 4.96. The van der Waals surface area contributed by atoms with Gasteiger partial charge in [-0.05, 0) is 26.0 Å². The van der Waals surface area contributed by atoms with Gasteiger partial charge in [-0.3, -0.25) is 0 Å². The van der Waals surface area contributed by atoms with Crippen LogP contribution in [0.15, 0.2) is 30.3 Å². The molecule has 1 unspecified atom stereocenters. The molecule has 3 amide bonds. The van der Waals surface area contributed by atoms with Gasteiger partial charge in [-0.25, -0.2) is 14.5 Å². The Balaban J connectivity index is 1.81. The lowest BCUT2D eigenvalue weighted by Crippen LogP contribution is -2.61. The molecule has 2 heterocycles. The van der Waals surface area contributed by atoms with Crippen molar-refractivity contribution in [2.24, 2.45) is 0 Å². The quantitative estimate of drug-likeness (QED) is 0.866. The Labute approximate surface area is 141 Å². The van der Waals surface area contributed by atoms with Crippen molar-refractivity contribution in [3.63, 3.8) is 0 Å². The molecule has 7 heteroatoms. The topological polar surface area (TPSA) is 82.1 Å². The molecule has 0 aromatic heterocycles. The smallest absolute Gasteiger partial charge is 0.417 e. The zero-order valence-electron chi connectivity index (χ0n) is 14.0. The highest BCUT2D eigenvalue weighted by molar-refractivity contribution is 5.92. The molecule has 0 bridgehead atoms. The van der Waals surface area contributed by atoms with E-state index in [1.165, 1.54) is 4.90 Å². The van der Waals surface area contributed by atoms with E-state index >= 15 is 0 Å². The van der Waals surface area contributed by atoms with E-state index in [-0.39, 0.29) is 6.03 Å². The highest BCUT2D eigenvalue weighted by atomic mass is 16.6. The minimum absolute atomic E-state index is 0.128. The molecule has 0 aliphatic carbocycles. The minimum Gasteiger partial charge on any atom is -0.437 e. The summed E-state index contributed by atoms with van der Waals surface area (Å²) in [7, 11) is 0. The van der Waals surface area contributed by atoms with E-state index in [0.717, 1.165) is 0 Å². The molecule has 1 aromatic rings. The molecule has 7 nitrogen and oxygen atoms in total. The fourth-order valence-electron chi connectivity index (χ4n) is 3.53. The Morgan fingerprint density at radius 2 is 1.92 bits per heavy atom.